The Morgan fingerprint density at radius 1 is 1.32 bits per heavy atom. The predicted octanol–water partition coefficient (Wildman–Crippen LogP) is 1.92. The molecule has 0 saturated carbocycles. The summed E-state index contributed by atoms with van der Waals surface area (Å²) in [6.07, 6.45) is 0.129. The van der Waals surface area contributed by atoms with Crippen molar-refractivity contribution in [2.75, 3.05) is 5.01 Å². The molecule has 0 radical (unpaired) electrons. The van der Waals surface area contributed by atoms with Gasteiger partial charge in [-0.05, 0) is 26.0 Å². The topological polar surface area (TPSA) is 97.9 Å². The normalized spacial score (nSPS) is 16.6. The SMILES string of the molecule is Cc1nc(C)c(COC(=O)C2=NN(c3ccccc3)[C@H](C(N)=O)C2)s1. The van der Waals surface area contributed by atoms with E-state index in [2.05, 4.69) is 10.1 Å². The molecule has 0 bridgehead atoms. The minimum atomic E-state index is -0.697. The average Bonchev–Trinajstić information content (AvgIpc) is 3.17. The molecule has 0 aliphatic carbocycles. The summed E-state index contributed by atoms with van der Waals surface area (Å²) in [5.41, 5.74) is 7.20. The third kappa shape index (κ3) is 3.69. The largest absolute Gasteiger partial charge is 0.455 e. The first-order chi connectivity index (χ1) is 12.0. The summed E-state index contributed by atoms with van der Waals surface area (Å²) in [6.45, 7) is 3.92. The molecule has 0 fully saturated rings. The Labute approximate surface area is 149 Å². The summed E-state index contributed by atoms with van der Waals surface area (Å²) in [5, 5.41) is 6.66. The van der Waals surface area contributed by atoms with Gasteiger partial charge in [-0.25, -0.2) is 9.78 Å². The van der Waals surface area contributed by atoms with Crippen molar-refractivity contribution in [1.29, 1.82) is 0 Å². The molecule has 8 heteroatoms. The van der Waals surface area contributed by atoms with Crippen LogP contribution in [0.4, 0.5) is 5.69 Å². The number of primary amides is 1. The van der Waals surface area contributed by atoms with E-state index in [0.29, 0.717) is 5.69 Å². The van der Waals surface area contributed by atoms with Crippen molar-refractivity contribution in [2.45, 2.75) is 32.9 Å². The Kier molecular flexibility index (Phi) is 4.80. The second-order valence-electron chi connectivity index (χ2n) is 5.67. The molecule has 130 valence electrons. The van der Waals surface area contributed by atoms with Crippen LogP contribution in [-0.2, 0) is 20.9 Å². The van der Waals surface area contributed by atoms with Gasteiger partial charge in [0.2, 0.25) is 5.91 Å². The van der Waals surface area contributed by atoms with Gasteiger partial charge in [0.05, 0.1) is 21.3 Å². The number of anilines is 1. The second kappa shape index (κ2) is 7.02. The number of carbonyl (C=O) groups excluding carboxylic acids is 2. The second-order valence-corrected chi connectivity index (χ2v) is 6.95. The molecule has 1 aliphatic rings. The van der Waals surface area contributed by atoms with Crippen LogP contribution in [0.15, 0.2) is 35.4 Å². The van der Waals surface area contributed by atoms with E-state index in [1.165, 1.54) is 16.3 Å². The standard InChI is InChI=1S/C17H18N4O3S/c1-10-15(25-11(2)19-10)9-24-17(23)13-8-14(16(18)22)21(20-13)12-6-4-3-5-7-12/h3-7,14H,8-9H2,1-2H3,(H2,18,22)/t14-/m0/s1. The van der Waals surface area contributed by atoms with Crippen molar-refractivity contribution in [3.8, 4) is 0 Å². The monoisotopic (exact) mass is 358 g/mol. The molecule has 1 aromatic heterocycles. The molecule has 2 heterocycles. The molecule has 1 aromatic carbocycles. The zero-order chi connectivity index (χ0) is 18.0. The number of amides is 1. The van der Waals surface area contributed by atoms with Gasteiger partial charge in [0.15, 0.2) is 0 Å². The Morgan fingerprint density at radius 2 is 2.04 bits per heavy atom. The van der Waals surface area contributed by atoms with E-state index in [1.54, 1.807) is 12.1 Å². The zero-order valence-electron chi connectivity index (χ0n) is 13.9. The number of hydrazone groups is 1. The molecule has 1 atom stereocenters. The van der Waals surface area contributed by atoms with Crippen LogP contribution < -0.4 is 10.7 Å². The van der Waals surface area contributed by atoms with Crippen molar-refractivity contribution in [2.24, 2.45) is 10.8 Å². The van der Waals surface area contributed by atoms with Crippen LogP contribution in [0, 0.1) is 13.8 Å². The van der Waals surface area contributed by atoms with E-state index in [0.717, 1.165) is 15.6 Å². The number of carbonyl (C=O) groups is 2. The molecular weight excluding hydrogens is 340 g/mol. The van der Waals surface area contributed by atoms with Gasteiger partial charge < -0.3 is 10.5 Å². The Hall–Kier alpha value is -2.74. The number of nitrogens with two attached hydrogens (primary N) is 1. The van der Waals surface area contributed by atoms with Gasteiger partial charge in [0.1, 0.15) is 18.4 Å². The molecule has 1 amide bonds. The van der Waals surface area contributed by atoms with Crippen LogP contribution in [0.1, 0.15) is 22.0 Å². The van der Waals surface area contributed by atoms with E-state index in [1.807, 2.05) is 32.0 Å². The van der Waals surface area contributed by atoms with Crippen LogP contribution in [0.5, 0.6) is 0 Å². The molecule has 25 heavy (non-hydrogen) atoms. The Bertz CT molecular complexity index is 832. The number of benzene rings is 1. The Balaban J connectivity index is 1.74. The van der Waals surface area contributed by atoms with Gasteiger partial charge in [0, 0.05) is 6.42 Å². The van der Waals surface area contributed by atoms with Crippen molar-refractivity contribution in [3.63, 3.8) is 0 Å². The molecule has 1 aliphatic heterocycles. The van der Waals surface area contributed by atoms with Crippen LogP contribution in [-0.4, -0.2) is 28.6 Å². The Morgan fingerprint density at radius 3 is 2.64 bits per heavy atom. The van der Waals surface area contributed by atoms with Crippen molar-refractivity contribution < 1.29 is 14.3 Å². The summed E-state index contributed by atoms with van der Waals surface area (Å²) < 4.78 is 5.34. The fraction of sp³-hybridized carbons (Fsp3) is 0.294. The van der Waals surface area contributed by atoms with Gasteiger partial charge in [-0.15, -0.1) is 11.3 Å². The van der Waals surface area contributed by atoms with Gasteiger partial charge in [-0.3, -0.25) is 9.80 Å². The fourth-order valence-corrected chi connectivity index (χ4v) is 3.45. The fourth-order valence-electron chi connectivity index (χ4n) is 2.60. The lowest BCUT2D eigenvalue weighted by atomic mass is 10.1. The summed E-state index contributed by atoms with van der Waals surface area (Å²) >= 11 is 1.49. The van der Waals surface area contributed by atoms with Gasteiger partial charge in [0.25, 0.3) is 0 Å². The first-order valence-electron chi connectivity index (χ1n) is 7.77. The summed E-state index contributed by atoms with van der Waals surface area (Å²) in [4.78, 5) is 29.3. The van der Waals surface area contributed by atoms with E-state index in [9.17, 15) is 9.59 Å². The maximum absolute atomic E-state index is 12.3. The maximum atomic E-state index is 12.3. The minimum Gasteiger partial charge on any atom is -0.455 e. The highest BCUT2D eigenvalue weighted by atomic mass is 32.1. The van der Waals surface area contributed by atoms with Crippen molar-refractivity contribution in [3.05, 3.63) is 45.9 Å². The quantitative estimate of drug-likeness (QED) is 0.824. The number of hydrogen-bond acceptors (Lipinski definition) is 7. The third-order valence-corrected chi connectivity index (χ3v) is 4.88. The maximum Gasteiger partial charge on any atom is 0.354 e. The molecule has 0 spiro atoms. The number of aryl methyl sites for hydroxylation is 2. The third-order valence-electron chi connectivity index (χ3n) is 3.83. The van der Waals surface area contributed by atoms with Crippen LogP contribution >= 0.6 is 11.3 Å². The number of nitrogens with zero attached hydrogens (tertiary/aromatic N) is 3. The van der Waals surface area contributed by atoms with Gasteiger partial charge >= 0.3 is 5.97 Å². The van der Waals surface area contributed by atoms with Crippen molar-refractivity contribution >= 4 is 34.6 Å². The highest BCUT2D eigenvalue weighted by Gasteiger charge is 2.35. The van der Waals surface area contributed by atoms with E-state index < -0.39 is 17.9 Å². The highest BCUT2D eigenvalue weighted by molar-refractivity contribution is 7.11. The molecule has 7 nitrogen and oxygen atoms in total. The molecule has 2 N–H and O–H groups in total. The summed E-state index contributed by atoms with van der Waals surface area (Å²) in [6, 6.07) is 8.42. The highest BCUT2D eigenvalue weighted by Crippen LogP contribution is 2.25. The number of para-hydroxylation sites is 1. The van der Waals surface area contributed by atoms with Crippen LogP contribution in [0.25, 0.3) is 0 Å². The number of rotatable bonds is 5. The molecule has 2 aromatic rings. The number of thiazole rings is 1. The number of hydrogen-bond donors (Lipinski definition) is 1. The lowest BCUT2D eigenvalue weighted by Gasteiger charge is -2.20. The summed E-state index contributed by atoms with van der Waals surface area (Å²) in [5.74, 6) is -1.08. The molecule has 0 saturated heterocycles. The van der Waals surface area contributed by atoms with E-state index >= 15 is 0 Å². The predicted molar refractivity (Wildman–Crippen MR) is 95.3 cm³/mol. The number of aromatic nitrogens is 1. The zero-order valence-corrected chi connectivity index (χ0v) is 14.7. The first-order valence-corrected chi connectivity index (χ1v) is 8.58. The average molecular weight is 358 g/mol. The van der Waals surface area contributed by atoms with E-state index in [4.69, 9.17) is 10.5 Å². The smallest absolute Gasteiger partial charge is 0.354 e. The van der Waals surface area contributed by atoms with Crippen molar-refractivity contribution in [1.82, 2.24) is 4.98 Å². The lowest BCUT2D eigenvalue weighted by Crippen LogP contribution is -2.39. The minimum absolute atomic E-state index is 0.129. The summed E-state index contributed by atoms with van der Waals surface area (Å²) in [7, 11) is 0. The molecular formula is C17H18N4O3S. The molecule has 0 unspecified atom stereocenters. The lowest BCUT2D eigenvalue weighted by molar-refractivity contribution is -0.136. The number of ether oxygens (including phenoxy) is 1. The van der Waals surface area contributed by atoms with Gasteiger partial charge in [-0.2, -0.15) is 5.10 Å². The van der Waals surface area contributed by atoms with Crippen LogP contribution in [0.2, 0.25) is 0 Å². The van der Waals surface area contributed by atoms with E-state index in [-0.39, 0.29) is 18.7 Å². The number of esters is 1. The van der Waals surface area contributed by atoms with Gasteiger partial charge in [-0.1, -0.05) is 18.2 Å². The first kappa shape index (κ1) is 17.1. The molecule has 3 rings (SSSR count). The van der Waals surface area contributed by atoms with Crippen LogP contribution in [0.3, 0.4) is 0 Å².